The molecular formula is C15H30N2O7. The average molecular weight is 350 g/mol. The van der Waals surface area contributed by atoms with Crippen LogP contribution in [0.25, 0.3) is 0 Å². The fourth-order valence-corrected chi connectivity index (χ4v) is 1.45. The minimum absolute atomic E-state index is 0.135. The molecule has 142 valence electrons. The summed E-state index contributed by atoms with van der Waals surface area (Å²) in [5.74, 6) is -1.78. The Morgan fingerprint density at radius 2 is 1.58 bits per heavy atom. The highest BCUT2D eigenvalue weighted by atomic mass is 16.4. The summed E-state index contributed by atoms with van der Waals surface area (Å²) in [5, 5.41) is 29.0. The monoisotopic (exact) mass is 350 g/mol. The number of nitrogens with one attached hydrogen (secondary N) is 2. The van der Waals surface area contributed by atoms with Gasteiger partial charge in [0.1, 0.15) is 6.04 Å². The summed E-state index contributed by atoms with van der Waals surface area (Å²) in [6, 6.07) is -1.76. The summed E-state index contributed by atoms with van der Waals surface area (Å²) in [5.41, 5.74) is 0. The smallest absolute Gasteiger partial charge is 0.326 e. The summed E-state index contributed by atoms with van der Waals surface area (Å²) in [7, 11) is 0. The molecule has 0 aliphatic rings. The molecule has 0 rings (SSSR count). The minimum Gasteiger partial charge on any atom is -0.483 e. The van der Waals surface area contributed by atoms with Crippen LogP contribution in [0.3, 0.4) is 0 Å². The van der Waals surface area contributed by atoms with Crippen molar-refractivity contribution in [1.82, 2.24) is 10.6 Å². The van der Waals surface area contributed by atoms with Gasteiger partial charge < -0.3 is 26.0 Å². The maximum Gasteiger partial charge on any atom is 0.326 e. The van der Waals surface area contributed by atoms with Crippen molar-refractivity contribution in [2.75, 3.05) is 6.54 Å². The third kappa shape index (κ3) is 22.0. The number of amides is 2. The topological polar surface area (TPSA) is 153 Å². The number of hydrogen-bond acceptors (Lipinski definition) is 4. The molecule has 0 aromatic carbocycles. The van der Waals surface area contributed by atoms with E-state index in [9.17, 15) is 14.4 Å². The van der Waals surface area contributed by atoms with Crippen LogP contribution in [0.1, 0.15) is 53.4 Å². The van der Waals surface area contributed by atoms with Crippen LogP contribution in [0, 0.1) is 5.92 Å². The quantitative estimate of drug-likeness (QED) is 0.314. The zero-order valence-electron chi connectivity index (χ0n) is 14.7. The summed E-state index contributed by atoms with van der Waals surface area (Å²) in [6.07, 6.45) is 1.36. The Morgan fingerprint density at radius 1 is 1.08 bits per heavy atom. The van der Waals surface area contributed by atoms with E-state index < -0.39 is 24.0 Å². The number of carboxylic acids is 2. The lowest BCUT2D eigenvalue weighted by Gasteiger charge is -2.14. The molecule has 2 amide bonds. The highest BCUT2D eigenvalue weighted by Gasteiger charge is 2.20. The predicted molar refractivity (Wildman–Crippen MR) is 88.9 cm³/mol. The lowest BCUT2D eigenvalue weighted by molar-refractivity contribution is -0.140. The van der Waals surface area contributed by atoms with E-state index >= 15 is 0 Å². The minimum atomic E-state index is -1.24. The Morgan fingerprint density at radius 3 is 1.96 bits per heavy atom. The van der Waals surface area contributed by atoms with Crippen LogP contribution in [0.5, 0.6) is 0 Å². The third-order valence-electron chi connectivity index (χ3n) is 2.49. The number of urea groups is 1. The van der Waals surface area contributed by atoms with Gasteiger partial charge in [0, 0.05) is 13.0 Å². The zero-order valence-corrected chi connectivity index (χ0v) is 14.7. The Kier molecular flexibility index (Phi) is 20.7. The molecule has 0 aliphatic heterocycles. The second-order valence-electron chi connectivity index (χ2n) is 4.86. The molecule has 0 aromatic rings. The first-order valence-corrected chi connectivity index (χ1v) is 7.81. The molecule has 0 saturated carbocycles. The zero-order chi connectivity index (χ0) is 19.5. The molecule has 9 nitrogen and oxygen atoms in total. The molecule has 0 aliphatic carbocycles. The number of carbonyl (C=O) groups is 4. The lowest BCUT2D eigenvalue weighted by Crippen LogP contribution is -2.46. The summed E-state index contributed by atoms with van der Waals surface area (Å²) in [4.78, 5) is 41.0. The van der Waals surface area contributed by atoms with E-state index in [1.807, 2.05) is 13.8 Å². The Bertz CT molecular complexity index is 360. The van der Waals surface area contributed by atoms with Gasteiger partial charge in [0.05, 0.1) is 0 Å². The number of carbonyl (C=O) groups excluding carboxylic acids is 1. The van der Waals surface area contributed by atoms with Gasteiger partial charge in [-0.3, -0.25) is 9.59 Å². The Hall–Kier alpha value is -2.32. The molecule has 0 fully saturated rings. The third-order valence-corrected chi connectivity index (χ3v) is 2.49. The molecule has 1 unspecified atom stereocenters. The summed E-state index contributed by atoms with van der Waals surface area (Å²) >= 11 is 0. The molecule has 0 saturated heterocycles. The van der Waals surface area contributed by atoms with Crippen LogP contribution in [-0.2, 0) is 14.4 Å². The van der Waals surface area contributed by atoms with E-state index in [0.717, 1.165) is 12.8 Å². The number of aliphatic carboxylic acids is 2. The van der Waals surface area contributed by atoms with Crippen LogP contribution in [-0.4, -0.2) is 52.3 Å². The van der Waals surface area contributed by atoms with E-state index in [-0.39, 0.29) is 19.3 Å². The molecule has 24 heavy (non-hydrogen) atoms. The summed E-state index contributed by atoms with van der Waals surface area (Å²) in [6.45, 7) is 8.37. The number of carboxylic acid groups (broad SMARTS) is 3. The highest BCUT2D eigenvalue weighted by Crippen LogP contribution is 2.02. The van der Waals surface area contributed by atoms with E-state index in [2.05, 4.69) is 24.5 Å². The molecule has 0 spiro atoms. The van der Waals surface area contributed by atoms with E-state index in [4.69, 9.17) is 20.1 Å². The van der Waals surface area contributed by atoms with Gasteiger partial charge in [0.25, 0.3) is 6.47 Å². The molecule has 9 heteroatoms. The van der Waals surface area contributed by atoms with Crippen molar-refractivity contribution in [2.24, 2.45) is 5.92 Å². The van der Waals surface area contributed by atoms with Gasteiger partial charge in [-0.2, -0.15) is 0 Å². The molecule has 0 heterocycles. The Labute approximate surface area is 142 Å². The second kappa shape index (κ2) is 18.7. The average Bonchev–Trinajstić information content (AvgIpc) is 2.50. The lowest BCUT2D eigenvalue weighted by atomic mass is 10.1. The van der Waals surface area contributed by atoms with Crippen molar-refractivity contribution in [3.8, 4) is 0 Å². The number of hydrogen-bond donors (Lipinski definition) is 5. The van der Waals surface area contributed by atoms with Crippen LogP contribution >= 0.6 is 0 Å². The largest absolute Gasteiger partial charge is 0.483 e. The number of rotatable bonds is 9. The fourth-order valence-electron chi connectivity index (χ4n) is 1.45. The van der Waals surface area contributed by atoms with Gasteiger partial charge in [-0.1, -0.05) is 27.7 Å². The first kappa shape index (κ1) is 26.6. The van der Waals surface area contributed by atoms with Crippen LogP contribution in [0.4, 0.5) is 4.79 Å². The first-order valence-electron chi connectivity index (χ1n) is 7.81. The SMILES string of the molecule is CC.CC(C)CCCNC(=O)NC(CCC(=O)O)C(=O)O.O=CO. The van der Waals surface area contributed by atoms with Crippen molar-refractivity contribution >= 4 is 24.4 Å². The molecular weight excluding hydrogens is 320 g/mol. The maximum absolute atomic E-state index is 11.4. The van der Waals surface area contributed by atoms with E-state index in [1.165, 1.54) is 0 Å². The normalized spacial score (nSPS) is 10.2. The molecule has 0 bridgehead atoms. The van der Waals surface area contributed by atoms with E-state index in [1.54, 1.807) is 0 Å². The van der Waals surface area contributed by atoms with Crippen LogP contribution in [0.2, 0.25) is 0 Å². The van der Waals surface area contributed by atoms with Gasteiger partial charge in [0.2, 0.25) is 0 Å². The molecule has 1 atom stereocenters. The van der Waals surface area contributed by atoms with Gasteiger partial charge >= 0.3 is 18.0 Å². The fraction of sp³-hybridized carbons (Fsp3) is 0.733. The van der Waals surface area contributed by atoms with E-state index in [0.29, 0.717) is 12.5 Å². The molecule has 0 radical (unpaired) electrons. The van der Waals surface area contributed by atoms with Crippen molar-refractivity contribution in [3.05, 3.63) is 0 Å². The Balaban J connectivity index is -0.000000786. The van der Waals surface area contributed by atoms with Crippen molar-refractivity contribution < 1.29 is 34.5 Å². The molecule has 0 aromatic heterocycles. The highest BCUT2D eigenvalue weighted by molar-refractivity contribution is 5.82. The van der Waals surface area contributed by atoms with Gasteiger partial charge in [-0.05, 0) is 25.2 Å². The van der Waals surface area contributed by atoms with Crippen molar-refractivity contribution in [3.63, 3.8) is 0 Å². The van der Waals surface area contributed by atoms with Crippen molar-refractivity contribution in [1.29, 1.82) is 0 Å². The van der Waals surface area contributed by atoms with Crippen LogP contribution < -0.4 is 10.6 Å². The van der Waals surface area contributed by atoms with Gasteiger partial charge in [-0.15, -0.1) is 0 Å². The van der Waals surface area contributed by atoms with Gasteiger partial charge in [-0.25, -0.2) is 9.59 Å². The maximum atomic E-state index is 11.4. The second-order valence-corrected chi connectivity index (χ2v) is 4.86. The summed E-state index contributed by atoms with van der Waals surface area (Å²) < 4.78 is 0. The first-order chi connectivity index (χ1) is 11.2. The predicted octanol–water partition coefficient (Wildman–Crippen LogP) is 1.77. The van der Waals surface area contributed by atoms with Crippen LogP contribution in [0.15, 0.2) is 0 Å². The standard InChI is InChI=1S/C12H22N2O5.C2H6.CH2O2/c1-8(2)4-3-7-13-12(19)14-9(11(17)18)5-6-10(15)16;1-2;2-1-3/h8-9H,3-7H2,1-2H3,(H,15,16)(H,17,18)(H2,13,14,19);1-2H3;1H,(H,2,3). The van der Waals surface area contributed by atoms with Gasteiger partial charge in [0.15, 0.2) is 0 Å². The molecule has 5 N–H and O–H groups in total. The van der Waals surface area contributed by atoms with Crippen molar-refractivity contribution in [2.45, 2.75) is 59.4 Å².